The maximum atomic E-state index is 13.9. The number of hydrogen-bond acceptors (Lipinski definition) is 2. The number of carboxylic acid groups (broad SMARTS) is 1. The molecule has 1 aromatic carbocycles. The van der Waals surface area contributed by atoms with Gasteiger partial charge in [-0.1, -0.05) is 0 Å². The summed E-state index contributed by atoms with van der Waals surface area (Å²) in [5.74, 6) is -2.58. The van der Waals surface area contributed by atoms with Gasteiger partial charge in [0.2, 0.25) is 0 Å². The Bertz CT molecular complexity index is 741. The summed E-state index contributed by atoms with van der Waals surface area (Å²) in [6.45, 7) is 0. The van der Waals surface area contributed by atoms with E-state index in [0.717, 1.165) is 17.3 Å². The van der Waals surface area contributed by atoms with Crippen molar-refractivity contribution in [1.82, 2.24) is 9.78 Å². The van der Waals surface area contributed by atoms with Crippen molar-refractivity contribution in [2.45, 2.75) is 12.3 Å². The molecule has 2 aliphatic carbocycles. The van der Waals surface area contributed by atoms with E-state index < -0.39 is 23.5 Å². The summed E-state index contributed by atoms with van der Waals surface area (Å²) in [6, 6.07) is 3.29. The van der Waals surface area contributed by atoms with Crippen LogP contribution < -0.4 is 0 Å². The van der Waals surface area contributed by atoms with Gasteiger partial charge in [-0.3, -0.25) is 4.79 Å². The van der Waals surface area contributed by atoms with Crippen LogP contribution in [0, 0.1) is 23.5 Å². The van der Waals surface area contributed by atoms with E-state index in [4.69, 9.17) is 5.11 Å². The molecule has 102 valence electrons. The number of fused-ring (bicyclic) bond motifs is 3. The second kappa shape index (κ2) is 3.65. The Kier molecular flexibility index (Phi) is 2.11. The molecule has 1 aromatic heterocycles. The molecule has 4 nitrogen and oxygen atoms in total. The molecule has 1 saturated carbocycles. The molecule has 0 aliphatic heterocycles. The molecule has 6 heteroatoms. The third-order valence-electron chi connectivity index (χ3n) is 4.25. The van der Waals surface area contributed by atoms with Crippen LogP contribution in [0.3, 0.4) is 0 Å². The first-order valence-electron chi connectivity index (χ1n) is 6.33. The Balaban J connectivity index is 1.81. The number of halogens is 2. The molecule has 2 aliphatic rings. The van der Waals surface area contributed by atoms with Crippen molar-refractivity contribution in [3.63, 3.8) is 0 Å². The first kappa shape index (κ1) is 11.6. The van der Waals surface area contributed by atoms with Gasteiger partial charge in [0.15, 0.2) is 5.82 Å². The lowest BCUT2D eigenvalue weighted by molar-refractivity contribution is -0.139. The maximum Gasteiger partial charge on any atom is 0.307 e. The van der Waals surface area contributed by atoms with E-state index in [1.165, 1.54) is 16.8 Å². The van der Waals surface area contributed by atoms with E-state index in [1.54, 1.807) is 6.20 Å². The van der Waals surface area contributed by atoms with E-state index >= 15 is 0 Å². The van der Waals surface area contributed by atoms with Crippen LogP contribution in [0.15, 0.2) is 24.4 Å². The molecule has 0 saturated heterocycles. The molecule has 0 radical (unpaired) electrons. The zero-order valence-electron chi connectivity index (χ0n) is 10.3. The normalized spacial score (nSPS) is 26.2. The molecule has 0 amide bonds. The molecule has 2 aromatic rings. The van der Waals surface area contributed by atoms with Gasteiger partial charge in [0.1, 0.15) is 11.5 Å². The van der Waals surface area contributed by atoms with E-state index in [-0.39, 0.29) is 17.5 Å². The first-order valence-corrected chi connectivity index (χ1v) is 6.33. The largest absolute Gasteiger partial charge is 0.481 e. The molecule has 1 unspecified atom stereocenters. The van der Waals surface area contributed by atoms with Crippen LogP contribution in [0.4, 0.5) is 8.78 Å². The van der Waals surface area contributed by atoms with Crippen LogP contribution in [0.25, 0.3) is 5.69 Å². The van der Waals surface area contributed by atoms with Crippen LogP contribution in [-0.4, -0.2) is 20.9 Å². The highest BCUT2D eigenvalue weighted by molar-refractivity contribution is 5.77. The zero-order chi connectivity index (χ0) is 14.0. The van der Waals surface area contributed by atoms with E-state index in [9.17, 15) is 13.6 Å². The monoisotopic (exact) mass is 276 g/mol. The third-order valence-corrected chi connectivity index (χ3v) is 4.25. The van der Waals surface area contributed by atoms with Gasteiger partial charge in [-0.05, 0) is 30.0 Å². The fourth-order valence-corrected chi connectivity index (χ4v) is 3.34. The Morgan fingerprint density at radius 3 is 2.90 bits per heavy atom. The summed E-state index contributed by atoms with van der Waals surface area (Å²) in [5.41, 5.74) is 1.87. The molecule has 0 spiro atoms. The summed E-state index contributed by atoms with van der Waals surface area (Å²) >= 11 is 0. The molecule has 0 bridgehead atoms. The smallest absolute Gasteiger partial charge is 0.307 e. The van der Waals surface area contributed by atoms with Gasteiger partial charge in [-0.2, -0.15) is 5.10 Å². The number of carboxylic acids is 1. The quantitative estimate of drug-likeness (QED) is 0.914. The molecule has 4 rings (SSSR count). The number of rotatable bonds is 2. The summed E-state index contributed by atoms with van der Waals surface area (Å²) in [5, 5.41) is 13.3. The van der Waals surface area contributed by atoms with Gasteiger partial charge in [-0.15, -0.1) is 0 Å². The highest BCUT2D eigenvalue weighted by Gasteiger charge is 2.61. The van der Waals surface area contributed by atoms with Gasteiger partial charge in [0.05, 0.1) is 17.8 Å². The molecule has 1 fully saturated rings. The Labute approximate surface area is 112 Å². The van der Waals surface area contributed by atoms with Gasteiger partial charge in [0, 0.05) is 12.0 Å². The number of aliphatic carboxylic acids is 1. The first-order chi connectivity index (χ1) is 9.58. The van der Waals surface area contributed by atoms with Crippen LogP contribution >= 0.6 is 0 Å². The number of carbonyl (C=O) groups is 1. The molecule has 3 atom stereocenters. The Morgan fingerprint density at radius 1 is 1.40 bits per heavy atom. The maximum absolute atomic E-state index is 13.9. The van der Waals surface area contributed by atoms with Crippen molar-refractivity contribution in [2.75, 3.05) is 0 Å². The highest BCUT2D eigenvalue weighted by atomic mass is 19.1. The predicted octanol–water partition coefficient (Wildman–Crippen LogP) is 2.12. The number of benzene rings is 1. The van der Waals surface area contributed by atoms with E-state index in [2.05, 4.69) is 5.10 Å². The van der Waals surface area contributed by atoms with E-state index in [0.29, 0.717) is 6.42 Å². The van der Waals surface area contributed by atoms with Crippen molar-refractivity contribution in [3.05, 3.63) is 47.3 Å². The summed E-state index contributed by atoms with van der Waals surface area (Å²) in [6.07, 6.45) is 2.31. The van der Waals surface area contributed by atoms with Gasteiger partial charge < -0.3 is 5.11 Å². The van der Waals surface area contributed by atoms with Crippen molar-refractivity contribution >= 4 is 5.97 Å². The minimum Gasteiger partial charge on any atom is -0.481 e. The van der Waals surface area contributed by atoms with Gasteiger partial charge in [0.25, 0.3) is 0 Å². The minimum absolute atomic E-state index is 0.0928. The van der Waals surface area contributed by atoms with Crippen LogP contribution in [0.5, 0.6) is 0 Å². The SMILES string of the molecule is O=C(O)C1[C@@H]2Cc3cnn(-c4ccc(F)cc4F)c3[C@@H]12. The number of nitrogens with zero attached hydrogens (tertiary/aromatic N) is 2. The average molecular weight is 276 g/mol. The van der Waals surface area contributed by atoms with Crippen molar-refractivity contribution in [3.8, 4) is 5.69 Å². The van der Waals surface area contributed by atoms with Gasteiger partial charge >= 0.3 is 5.97 Å². The Hall–Kier alpha value is -2.24. The standard InChI is InChI=1S/C14H10F2N2O2/c15-7-1-2-10(9(16)4-7)18-13-6(5-17-18)3-8-11(13)12(8)14(19)20/h1-2,4-5,8,11-12H,3H2,(H,19,20)/t8-,11-,12?/m1/s1. The average Bonchev–Trinajstić information content (AvgIpc) is 2.75. The lowest BCUT2D eigenvalue weighted by atomic mass is 10.1. The fraction of sp³-hybridized carbons (Fsp3) is 0.286. The second-order valence-electron chi connectivity index (χ2n) is 5.32. The van der Waals surface area contributed by atoms with Crippen LogP contribution in [-0.2, 0) is 11.2 Å². The minimum atomic E-state index is -0.821. The highest BCUT2D eigenvalue weighted by Crippen LogP contribution is 2.61. The molecular formula is C14H10F2N2O2. The zero-order valence-corrected chi connectivity index (χ0v) is 10.3. The third kappa shape index (κ3) is 1.39. The summed E-state index contributed by atoms with van der Waals surface area (Å²) in [7, 11) is 0. The fourth-order valence-electron chi connectivity index (χ4n) is 3.34. The molecule has 20 heavy (non-hydrogen) atoms. The van der Waals surface area contributed by atoms with Gasteiger partial charge in [-0.25, -0.2) is 13.5 Å². The number of hydrogen-bond donors (Lipinski definition) is 1. The lowest BCUT2D eigenvalue weighted by Crippen LogP contribution is -2.08. The second-order valence-corrected chi connectivity index (χ2v) is 5.32. The van der Waals surface area contributed by atoms with Crippen molar-refractivity contribution in [2.24, 2.45) is 11.8 Å². The van der Waals surface area contributed by atoms with Crippen molar-refractivity contribution < 1.29 is 18.7 Å². The molecular weight excluding hydrogens is 266 g/mol. The van der Waals surface area contributed by atoms with E-state index in [1.807, 2.05) is 0 Å². The van der Waals surface area contributed by atoms with Crippen LogP contribution in [0.1, 0.15) is 17.2 Å². The Morgan fingerprint density at radius 2 is 2.20 bits per heavy atom. The lowest BCUT2D eigenvalue weighted by Gasteiger charge is -2.08. The predicted molar refractivity (Wildman–Crippen MR) is 64.5 cm³/mol. The van der Waals surface area contributed by atoms with Crippen LogP contribution in [0.2, 0.25) is 0 Å². The van der Waals surface area contributed by atoms with Crippen molar-refractivity contribution in [1.29, 1.82) is 0 Å². The summed E-state index contributed by atoms with van der Waals surface area (Å²) < 4.78 is 28.2. The number of aromatic nitrogens is 2. The topological polar surface area (TPSA) is 55.1 Å². The molecule has 1 N–H and O–H groups in total. The molecule has 1 heterocycles. The summed E-state index contributed by atoms with van der Waals surface area (Å²) in [4.78, 5) is 11.1.